The fourth-order valence-electron chi connectivity index (χ4n) is 5.31. The van der Waals surface area contributed by atoms with Gasteiger partial charge in [0.2, 0.25) is 0 Å². The maximum absolute atomic E-state index is 4.54. The molecule has 2 aromatic carbocycles. The highest BCUT2D eigenvalue weighted by Gasteiger charge is 2.22. The van der Waals surface area contributed by atoms with E-state index in [9.17, 15) is 0 Å². The van der Waals surface area contributed by atoms with E-state index in [1.165, 1.54) is 92.5 Å². The van der Waals surface area contributed by atoms with E-state index in [2.05, 4.69) is 84.5 Å². The summed E-state index contributed by atoms with van der Waals surface area (Å²) in [7, 11) is 0. The van der Waals surface area contributed by atoms with Crippen molar-refractivity contribution in [2.75, 3.05) is 0 Å². The summed E-state index contributed by atoms with van der Waals surface area (Å²) in [5, 5.41) is 2.64. The Hall–Kier alpha value is -2.74. The zero-order valence-corrected chi connectivity index (χ0v) is 21.1. The zero-order chi connectivity index (χ0) is 23.6. The van der Waals surface area contributed by atoms with Gasteiger partial charge in [0.15, 0.2) is 0 Å². The lowest BCUT2D eigenvalue weighted by Crippen LogP contribution is -2.17. The smallest absolute Gasteiger partial charge is 0.0704 e. The second-order valence-corrected chi connectivity index (χ2v) is 10.4. The molecule has 0 aliphatic rings. The van der Waals surface area contributed by atoms with Gasteiger partial charge in [-0.2, -0.15) is 0 Å². The minimum absolute atomic E-state index is 0.197. The number of benzene rings is 2. The van der Waals surface area contributed by atoms with Crippen LogP contribution >= 0.6 is 0 Å². The molecule has 0 N–H and O–H groups in total. The summed E-state index contributed by atoms with van der Waals surface area (Å²) < 4.78 is 0. The molecule has 0 unspecified atom stereocenters. The molecule has 2 heterocycles. The summed E-state index contributed by atoms with van der Waals surface area (Å²) in [4.78, 5) is 9.02. The third kappa shape index (κ3) is 6.44. The number of hydrogen-bond acceptors (Lipinski definition) is 2. The van der Waals surface area contributed by atoms with Crippen LogP contribution in [0.2, 0.25) is 0 Å². The fraction of sp³-hybridized carbons (Fsp3) is 0.438. The average Bonchev–Trinajstić information content (AvgIpc) is 2.87. The minimum atomic E-state index is 0.197. The minimum Gasteiger partial charge on any atom is -0.256 e. The third-order valence-corrected chi connectivity index (χ3v) is 7.37. The molecule has 4 aromatic rings. The van der Waals surface area contributed by atoms with Gasteiger partial charge in [0, 0.05) is 23.2 Å². The molecule has 0 bridgehead atoms. The molecule has 0 aliphatic carbocycles. The number of unbranched alkanes of at least 4 members (excludes halogenated alkanes) is 8. The van der Waals surface area contributed by atoms with Crippen molar-refractivity contribution >= 4 is 21.8 Å². The number of para-hydroxylation sites is 2. The molecular weight excluding hydrogens is 412 g/mol. The van der Waals surface area contributed by atoms with Crippen LogP contribution < -0.4 is 0 Å². The van der Waals surface area contributed by atoms with E-state index in [1.807, 2.05) is 12.4 Å². The van der Waals surface area contributed by atoms with E-state index in [1.54, 1.807) is 0 Å². The van der Waals surface area contributed by atoms with Crippen LogP contribution in [0.3, 0.4) is 0 Å². The van der Waals surface area contributed by atoms with Crippen LogP contribution in [-0.4, -0.2) is 9.97 Å². The van der Waals surface area contributed by atoms with Crippen molar-refractivity contribution in [3.05, 3.63) is 84.2 Å². The van der Waals surface area contributed by atoms with E-state index < -0.39 is 0 Å². The van der Waals surface area contributed by atoms with E-state index in [0.717, 1.165) is 11.0 Å². The Morgan fingerprint density at radius 2 is 1.09 bits per heavy atom. The van der Waals surface area contributed by atoms with Gasteiger partial charge >= 0.3 is 0 Å². The van der Waals surface area contributed by atoms with Gasteiger partial charge in [-0.1, -0.05) is 102 Å². The van der Waals surface area contributed by atoms with E-state index in [0.29, 0.717) is 0 Å². The number of fused-ring (bicyclic) bond motifs is 2. The van der Waals surface area contributed by atoms with Gasteiger partial charge in [0.1, 0.15) is 0 Å². The Morgan fingerprint density at radius 1 is 0.559 bits per heavy atom. The number of nitrogens with zero attached hydrogens (tertiary/aromatic N) is 2. The van der Waals surface area contributed by atoms with Crippen molar-refractivity contribution in [1.82, 2.24) is 9.97 Å². The first-order valence-corrected chi connectivity index (χ1v) is 13.3. The summed E-state index contributed by atoms with van der Waals surface area (Å²) in [5.41, 5.74) is 5.33. The molecular formula is C32H40N2. The van der Waals surface area contributed by atoms with Crippen LogP contribution in [-0.2, 0) is 11.8 Å². The van der Waals surface area contributed by atoms with Crippen molar-refractivity contribution in [3.8, 4) is 0 Å². The topological polar surface area (TPSA) is 25.8 Å². The standard InChI is InChI=1S/C32H40N2/c1-32(2,29-22-25-34-31-20-14-12-18-28(29)31)23-15-9-7-5-3-4-6-8-10-16-26-21-24-33-30-19-13-11-17-27(26)30/h11-14,17-22,24-25H,3-10,15-16,23H2,1-2H3. The molecule has 34 heavy (non-hydrogen) atoms. The van der Waals surface area contributed by atoms with Gasteiger partial charge in [-0.05, 0) is 60.1 Å². The quantitative estimate of drug-likeness (QED) is 0.189. The Labute approximate surface area is 205 Å². The largest absolute Gasteiger partial charge is 0.256 e. The summed E-state index contributed by atoms with van der Waals surface area (Å²) in [6.07, 6.45) is 18.5. The molecule has 178 valence electrons. The van der Waals surface area contributed by atoms with Gasteiger partial charge in [0.05, 0.1) is 11.0 Å². The molecule has 4 rings (SSSR count). The Kier molecular flexibility index (Phi) is 8.68. The lowest BCUT2D eigenvalue weighted by atomic mass is 9.78. The summed E-state index contributed by atoms with van der Waals surface area (Å²) in [5.74, 6) is 0. The third-order valence-electron chi connectivity index (χ3n) is 7.37. The number of aryl methyl sites for hydroxylation is 1. The van der Waals surface area contributed by atoms with Gasteiger partial charge in [0.25, 0.3) is 0 Å². The monoisotopic (exact) mass is 452 g/mol. The molecule has 2 aromatic heterocycles. The molecule has 0 amide bonds. The molecule has 0 atom stereocenters. The van der Waals surface area contributed by atoms with Crippen LogP contribution in [0, 0.1) is 0 Å². The summed E-state index contributed by atoms with van der Waals surface area (Å²) >= 11 is 0. The van der Waals surface area contributed by atoms with E-state index >= 15 is 0 Å². The average molecular weight is 453 g/mol. The van der Waals surface area contributed by atoms with Crippen molar-refractivity contribution in [1.29, 1.82) is 0 Å². The maximum Gasteiger partial charge on any atom is 0.0704 e. The van der Waals surface area contributed by atoms with Crippen molar-refractivity contribution < 1.29 is 0 Å². The predicted octanol–water partition coefficient (Wildman–Crippen LogP) is 9.20. The fourth-order valence-corrected chi connectivity index (χ4v) is 5.31. The molecule has 0 saturated heterocycles. The van der Waals surface area contributed by atoms with Gasteiger partial charge in [-0.3, -0.25) is 9.97 Å². The number of aromatic nitrogens is 2. The van der Waals surface area contributed by atoms with E-state index in [4.69, 9.17) is 0 Å². The van der Waals surface area contributed by atoms with Gasteiger partial charge < -0.3 is 0 Å². The molecule has 0 saturated carbocycles. The molecule has 2 heteroatoms. The Morgan fingerprint density at radius 3 is 1.79 bits per heavy atom. The highest BCUT2D eigenvalue weighted by Crippen LogP contribution is 2.33. The Balaban J connectivity index is 1.07. The molecule has 0 aliphatic heterocycles. The lowest BCUT2D eigenvalue weighted by Gasteiger charge is -2.26. The van der Waals surface area contributed by atoms with Gasteiger partial charge in [-0.25, -0.2) is 0 Å². The molecule has 0 radical (unpaired) electrons. The maximum atomic E-state index is 4.54. The number of hydrogen-bond donors (Lipinski definition) is 0. The molecule has 2 nitrogen and oxygen atoms in total. The van der Waals surface area contributed by atoms with Crippen molar-refractivity contribution in [3.63, 3.8) is 0 Å². The number of rotatable bonds is 13. The highest BCUT2D eigenvalue weighted by atomic mass is 14.6. The van der Waals surface area contributed by atoms with E-state index in [-0.39, 0.29) is 5.41 Å². The first-order chi connectivity index (χ1) is 16.6. The zero-order valence-electron chi connectivity index (χ0n) is 21.1. The van der Waals surface area contributed by atoms with Crippen LogP contribution in [0.15, 0.2) is 73.1 Å². The SMILES string of the molecule is CC(C)(CCCCCCCCCCCc1ccnc2ccccc12)c1ccnc2ccccc12. The van der Waals surface area contributed by atoms with Crippen molar-refractivity contribution in [2.24, 2.45) is 0 Å². The predicted molar refractivity (Wildman–Crippen MR) is 146 cm³/mol. The number of pyridine rings is 2. The van der Waals surface area contributed by atoms with Crippen molar-refractivity contribution in [2.45, 2.75) is 89.9 Å². The molecule has 0 spiro atoms. The van der Waals surface area contributed by atoms with Crippen LogP contribution in [0.1, 0.15) is 89.2 Å². The second-order valence-electron chi connectivity index (χ2n) is 10.4. The second kappa shape index (κ2) is 12.1. The van der Waals surface area contributed by atoms with Crippen LogP contribution in [0.4, 0.5) is 0 Å². The summed E-state index contributed by atoms with van der Waals surface area (Å²) in [6.45, 7) is 4.78. The molecule has 0 fully saturated rings. The first kappa shape index (κ1) is 24.4. The first-order valence-electron chi connectivity index (χ1n) is 13.3. The lowest BCUT2D eigenvalue weighted by molar-refractivity contribution is 0.443. The Bertz CT molecular complexity index is 1170. The highest BCUT2D eigenvalue weighted by molar-refractivity contribution is 5.83. The summed E-state index contributed by atoms with van der Waals surface area (Å²) in [6, 6.07) is 21.5. The van der Waals surface area contributed by atoms with Crippen LogP contribution in [0.25, 0.3) is 21.8 Å². The normalized spacial score (nSPS) is 11.9. The van der Waals surface area contributed by atoms with Crippen LogP contribution in [0.5, 0.6) is 0 Å². The van der Waals surface area contributed by atoms with Gasteiger partial charge in [-0.15, -0.1) is 0 Å².